The van der Waals surface area contributed by atoms with Crippen LogP contribution in [0, 0.1) is 0 Å². The number of aliphatic hydroxyl groups is 1. The van der Waals surface area contributed by atoms with E-state index < -0.39 is 5.60 Å². The summed E-state index contributed by atoms with van der Waals surface area (Å²) in [6.07, 6.45) is 0.542. The van der Waals surface area contributed by atoms with Gasteiger partial charge in [-0.2, -0.15) is 0 Å². The summed E-state index contributed by atoms with van der Waals surface area (Å²) in [5.74, 6) is -0.0756. The minimum Gasteiger partial charge on any atom is -0.386 e. The summed E-state index contributed by atoms with van der Waals surface area (Å²) in [6.45, 7) is 5.19. The molecule has 1 aliphatic heterocycles. The Morgan fingerprint density at radius 3 is 2.70 bits per heavy atom. The Morgan fingerprint density at radius 1 is 1.45 bits per heavy atom. The topological polar surface area (TPSA) is 70.6 Å². The summed E-state index contributed by atoms with van der Waals surface area (Å²) in [6, 6.07) is 7.65. The second kappa shape index (κ2) is 6.35. The normalized spacial score (nSPS) is 25.6. The molecule has 1 fully saturated rings. The van der Waals surface area contributed by atoms with Gasteiger partial charge in [-0.05, 0) is 24.6 Å². The number of carbonyl (C=O) groups is 1. The van der Waals surface area contributed by atoms with Gasteiger partial charge in [-0.25, -0.2) is 0 Å². The van der Waals surface area contributed by atoms with Gasteiger partial charge in [0.1, 0.15) is 5.60 Å². The molecule has 3 N–H and O–H groups in total. The molecule has 2 rings (SSSR count). The molecule has 1 saturated heterocycles. The second-order valence-corrected chi connectivity index (χ2v) is 5.35. The van der Waals surface area contributed by atoms with Gasteiger partial charge >= 0.3 is 0 Å². The van der Waals surface area contributed by atoms with Gasteiger partial charge in [0, 0.05) is 38.7 Å². The molecule has 0 spiro atoms. The monoisotopic (exact) mass is 278 g/mol. The van der Waals surface area contributed by atoms with Crippen molar-refractivity contribution in [1.82, 2.24) is 5.32 Å². The Labute approximate surface area is 119 Å². The second-order valence-electron chi connectivity index (χ2n) is 5.35. The minimum absolute atomic E-state index is 0.0756. The van der Waals surface area contributed by atoms with E-state index in [1.807, 2.05) is 31.2 Å². The molecule has 1 heterocycles. The van der Waals surface area contributed by atoms with Gasteiger partial charge in [0.2, 0.25) is 5.91 Å². The summed E-state index contributed by atoms with van der Waals surface area (Å²) < 4.78 is 5.39. The summed E-state index contributed by atoms with van der Waals surface area (Å²) >= 11 is 0. The van der Waals surface area contributed by atoms with Crippen molar-refractivity contribution in [3.63, 3.8) is 0 Å². The summed E-state index contributed by atoms with van der Waals surface area (Å²) in [4.78, 5) is 10.9. The number of amides is 1. The molecule has 110 valence electrons. The third kappa shape index (κ3) is 3.79. The quantitative estimate of drug-likeness (QED) is 0.758. The molecule has 2 atom stereocenters. The molecular formula is C15H22N2O3. The average molecular weight is 278 g/mol. The Hall–Kier alpha value is -1.43. The molecule has 0 saturated carbocycles. The number of nitrogens with one attached hydrogen (secondary N) is 2. The zero-order valence-electron chi connectivity index (χ0n) is 12.0. The largest absolute Gasteiger partial charge is 0.386 e. The maximum absolute atomic E-state index is 10.9. The minimum atomic E-state index is -0.768. The van der Waals surface area contributed by atoms with Gasteiger partial charge in [0.15, 0.2) is 0 Å². The molecule has 0 bridgehead atoms. The molecule has 1 aliphatic rings. The van der Waals surface area contributed by atoms with Crippen LogP contribution in [0.15, 0.2) is 24.3 Å². The van der Waals surface area contributed by atoms with E-state index >= 15 is 0 Å². The van der Waals surface area contributed by atoms with Crippen molar-refractivity contribution in [2.45, 2.75) is 38.5 Å². The van der Waals surface area contributed by atoms with Crippen LogP contribution in [0.3, 0.4) is 0 Å². The Balaban J connectivity index is 1.81. The summed E-state index contributed by atoms with van der Waals surface area (Å²) in [7, 11) is 0. The van der Waals surface area contributed by atoms with Crippen LogP contribution in [0.25, 0.3) is 0 Å². The maximum Gasteiger partial charge on any atom is 0.221 e. The van der Waals surface area contributed by atoms with Crippen LogP contribution in [0.2, 0.25) is 0 Å². The maximum atomic E-state index is 10.9. The van der Waals surface area contributed by atoms with E-state index in [0.29, 0.717) is 26.1 Å². The first kappa shape index (κ1) is 15.0. The van der Waals surface area contributed by atoms with Gasteiger partial charge in [-0.15, -0.1) is 0 Å². The van der Waals surface area contributed by atoms with Crippen LogP contribution < -0.4 is 10.6 Å². The third-order valence-corrected chi connectivity index (χ3v) is 3.69. The average Bonchev–Trinajstić information content (AvgIpc) is 2.71. The van der Waals surface area contributed by atoms with Crippen LogP contribution >= 0.6 is 0 Å². The lowest BCUT2D eigenvalue weighted by atomic mass is 9.96. The highest BCUT2D eigenvalue weighted by Gasteiger charge is 2.38. The van der Waals surface area contributed by atoms with Gasteiger partial charge in [0.25, 0.3) is 0 Å². The number of hydrogen-bond donors (Lipinski definition) is 3. The predicted octanol–water partition coefficient (Wildman–Crippen LogP) is 1.27. The van der Waals surface area contributed by atoms with Crippen LogP contribution in [0.4, 0.5) is 5.69 Å². The molecule has 1 aromatic carbocycles. The van der Waals surface area contributed by atoms with Crippen molar-refractivity contribution in [3.8, 4) is 0 Å². The molecule has 2 unspecified atom stereocenters. The van der Waals surface area contributed by atoms with E-state index in [9.17, 15) is 9.90 Å². The van der Waals surface area contributed by atoms with Crippen molar-refractivity contribution in [2.75, 3.05) is 18.5 Å². The lowest BCUT2D eigenvalue weighted by Crippen LogP contribution is -2.45. The van der Waals surface area contributed by atoms with Crippen LogP contribution in [0.5, 0.6) is 0 Å². The van der Waals surface area contributed by atoms with Crippen LogP contribution in [0.1, 0.15) is 25.8 Å². The van der Waals surface area contributed by atoms with Crippen molar-refractivity contribution in [1.29, 1.82) is 0 Å². The molecule has 1 amide bonds. The molecular weight excluding hydrogens is 256 g/mol. The number of benzene rings is 1. The number of carbonyl (C=O) groups excluding carboxylic acids is 1. The Kier molecular flexibility index (Phi) is 4.75. The van der Waals surface area contributed by atoms with E-state index in [4.69, 9.17) is 4.74 Å². The van der Waals surface area contributed by atoms with Gasteiger partial charge < -0.3 is 20.5 Å². The number of hydrogen-bond acceptors (Lipinski definition) is 4. The first-order valence-corrected chi connectivity index (χ1v) is 6.91. The van der Waals surface area contributed by atoms with E-state index in [1.165, 1.54) is 6.92 Å². The lowest BCUT2D eigenvalue weighted by molar-refractivity contribution is -0.114. The van der Waals surface area contributed by atoms with Crippen molar-refractivity contribution < 1.29 is 14.6 Å². The fourth-order valence-electron chi connectivity index (χ4n) is 2.34. The third-order valence-electron chi connectivity index (χ3n) is 3.69. The highest BCUT2D eigenvalue weighted by Crippen LogP contribution is 2.24. The van der Waals surface area contributed by atoms with Crippen molar-refractivity contribution in [3.05, 3.63) is 29.8 Å². The summed E-state index contributed by atoms with van der Waals surface area (Å²) in [5, 5.41) is 16.3. The van der Waals surface area contributed by atoms with Crippen LogP contribution in [-0.4, -0.2) is 35.9 Å². The Bertz CT molecular complexity index is 461. The molecule has 5 nitrogen and oxygen atoms in total. The van der Waals surface area contributed by atoms with E-state index in [0.717, 1.165) is 11.3 Å². The number of ether oxygens (including phenoxy) is 1. The molecule has 0 radical (unpaired) electrons. The standard InChI is InChI=1S/C15H22N2O3/c1-11-15(19,7-8-20-11)10-16-9-13-3-5-14(6-4-13)17-12(2)18/h3-6,11,16,19H,7-10H2,1-2H3,(H,17,18). The lowest BCUT2D eigenvalue weighted by Gasteiger charge is -2.26. The number of anilines is 1. The van der Waals surface area contributed by atoms with Gasteiger partial charge in [0.05, 0.1) is 6.10 Å². The highest BCUT2D eigenvalue weighted by atomic mass is 16.5. The summed E-state index contributed by atoms with van der Waals surface area (Å²) in [5.41, 5.74) is 1.13. The van der Waals surface area contributed by atoms with Crippen molar-refractivity contribution >= 4 is 11.6 Å². The SMILES string of the molecule is CC(=O)Nc1ccc(CNCC2(O)CCOC2C)cc1. The molecule has 0 aliphatic carbocycles. The van der Waals surface area contributed by atoms with E-state index in [-0.39, 0.29) is 12.0 Å². The van der Waals surface area contributed by atoms with Crippen molar-refractivity contribution in [2.24, 2.45) is 0 Å². The first-order valence-electron chi connectivity index (χ1n) is 6.91. The zero-order chi connectivity index (χ0) is 14.6. The molecule has 5 heteroatoms. The highest BCUT2D eigenvalue weighted by molar-refractivity contribution is 5.88. The fraction of sp³-hybridized carbons (Fsp3) is 0.533. The van der Waals surface area contributed by atoms with Crippen LogP contribution in [-0.2, 0) is 16.1 Å². The molecule has 1 aromatic rings. The van der Waals surface area contributed by atoms with E-state index in [1.54, 1.807) is 0 Å². The zero-order valence-corrected chi connectivity index (χ0v) is 12.0. The van der Waals surface area contributed by atoms with E-state index in [2.05, 4.69) is 10.6 Å². The Morgan fingerprint density at radius 2 is 2.15 bits per heavy atom. The van der Waals surface area contributed by atoms with Gasteiger partial charge in [-0.1, -0.05) is 12.1 Å². The molecule has 0 aromatic heterocycles. The smallest absolute Gasteiger partial charge is 0.221 e. The first-order chi connectivity index (χ1) is 9.49. The number of rotatable bonds is 5. The fourth-order valence-corrected chi connectivity index (χ4v) is 2.34. The molecule has 20 heavy (non-hydrogen) atoms. The van der Waals surface area contributed by atoms with Gasteiger partial charge in [-0.3, -0.25) is 4.79 Å². The predicted molar refractivity (Wildman–Crippen MR) is 77.4 cm³/mol.